The topological polar surface area (TPSA) is 86.1 Å². The van der Waals surface area contributed by atoms with E-state index >= 15 is 0 Å². The Morgan fingerprint density at radius 2 is 1.90 bits per heavy atom. The van der Waals surface area contributed by atoms with Gasteiger partial charge in [-0.15, -0.1) is 0 Å². The largest absolute Gasteiger partial charge is 0.464 e. The van der Waals surface area contributed by atoms with E-state index in [9.17, 15) is 13.2 Å². The van der Waals surface area contributed by atoms with Crippen LogP contribution < -0.4 is 0 Å². The van der Waals surface area contributed by atoms with Crippen LogP contribution in [0.5, 0.6) is 0 Å². The number of aryl methyl sites for hydroxylation is 1. The number of esters is 1. The van der Waals surface area contributed by atoms with Crippen LogP contribution in [0.15, 0.2) is 58.0 Å². The Hall–Kier alpha value is -2.68. The smallest absolute Gasteiger partial charge is 0.310 e. The van der Waals surface area contributed by atoms with E-state index in [0.29, 0.717) is 31.9 Å². The predicted octanol–water partition coefficient (Wildman–Crippen LogP) is 3.30. The molecule has 1 aromatic heterocycles. The van der Waals surface area contributed by atoms with E-state index in [1.165, 1.54) is 9.87 Å². The molecular weight excluding hydrogens is 418 g/mol. The second-order valence-electron chi connectivity index (χ2n) is 7.45. The van der Waals surface area contributed by atoms with Crippen LogP contribution >= 0.6 is 0 Å². The number of carbonyl (C=O) groups is 1. The van der Waals surface area contributed by atoms with Crippen molar-refractivity contribution in [3.63, 3.8) is 0 Å². The lowest BCUT2D eigenvalue weighted by Gasteiger charge is -2.26. The van der Waals surface area contributed by atoms with Crippen LogP contribution in [0, 0.1) is 0 Å². The molecule has 0 saturated carbocycles. The molecule has 31 heavy (non-hydrogen) atoms. The molecule has 0 radical (unpaired) electrons. The first-order valence-corrected chi connectivity index (χ1v) is 11.7. The summed E-state index contributed by atoms with van der Waals surface area (Å²) in [5.41, 5.74) is 3.31. The molecule has 8 heteroatoms. The highest BCUT2D eigenvalue weighted by Gasteiger charge is 2.26. The molecule has 1 aliphatic heterocycles. The van der Waals surface area contributed by atoms with Gasteiger partial charge in [-0.25, -0.2) is 8.42 Å². The van der Waals surface area contributed by atoms with Crippen molar-refractivity contribution in [1.82, 2.24) is 4.31 Å². The first kappa shape index (κ1) is 21.5. The summed E-state index contributed by atoms with van der Waals surface area (Å²) in [5.74, 6) is -0.399. The summed E-state index contributed by atoms with van der Waals surface area (Å²) in [5, 5.41) is 0.896. The maximum absolute atomic E-state index is 12.8. The SMILES string of the molecule is CCc1ccc2c(CC(=O)OCc3cccc(S(=O)(=O)N4CCOCC4)c3)coc2c1. The molecule has 1 saturated heterocycles. The Balaban J connectivity index is 1.40. The standard InChI is InChI=1S/C23H25NO6S/c1-2-17-6-7-21-19(16-29-22(21)13-17)14-23(25)30-15-18-4-3-5-20(12-18)31(26,27)24-8-10-28-11-9-24/h3-7,12-13,16H,2,8-11,14-15H2,1H3. The Labute approximate surface area is 181 Å². The van der Waals surface area contributed by atoms with Gasteiger partial charge in [-0.1, -0.05) is 31.2 Å². The molecule has 3 aromatic rings. The number of rotatable bonds is 7. The minimum Gasteiger partial charge on any atom is -0.464 e. The molecule has 0 N–H and O–H groups in total. The van der Waals surface area contributed by atoms with Gasteiger partial charge in [0.1, 0.15) is 12.2 Å². The fourth-order valence-corrected chi connectivity index (χ4v) is 5.07. The highest BCUT2D eigenvalue weighted by Crippen LogP contribution is 2.24. The van der Waals surface area contributed by atoms with Crippen molar-refractivity contribution in [2.75, 3.05) is 26.3 Å². The van der Waals surface area contributed by atoms with E-state index < -0.39 is 16.0 Å². The number of carbonyl (C=O) groups excluding carboxylic acids is 1. The molecule has 0 unspecified atom stereocenters. The van der Waals surface area contributed by atoms with Crippen molar-refractivity contribution in [1.29, 1.82) is 0 Å². The van der Waals surface area contributed by atoms with Crippen LogP contribution in [-0.2, 0) is 43.7 Å². The maximum Gasteiger partial charge on any atom is 0.310 e. The third-order valence-corrected chi connectivity index (χ3v) is 7.26. The molecule has 164 valence electrons. The van der Waals surface area contributed by atoms with Gasteiger partial charge in [-0.3, -0.25) is 4.79 Å². The molecule has 7 nitrogen and oxygen atoms in total. The monoisotopic (exact) mass is 443 g/mol. The molecule has 0 amide bonds. The van der Waals surface area contributed by atoms with E-state index in [-0.39, 0.29) is 17.9 Å². The zero-order chi connectivity index (χ0) is 21.8. The van der Waals surface area contributed by atoms with Crippen molar-refractivity contribution in [2.24, 2.45) is 0 Å². The quantitative estimate of drug-likeness (QED) is 0.521. The number of fused-ring (bicyclic) bond motifs is 1. The third kappa shape index (κ3) is 4.81. The number of ether oxygens (including phenoxy) is 2. The van der Waals surface area contributed by atoms with Gasteiger partial charge in [0.25, 0.3) is 0 Å². The molecule has 4 rings (SSSR count). The molecule has 1 fully saturated rings. The van der Waals surface area contributed by atoms with E-state index in [4.69, 9.17) is 13.9 Å². The molecule has 2 heterocycles. The number of hydrogen-bond donors (Lipinski definition) is 0. The van der Waals surface area contributed by atoms with E-state index in [1.54, 1.807) is 30.5 Å². The summed E-state index contributed by atoms with van der Waals surface area (Å²) in [7, 11) is -3.59. The first-order valence-electron chi connectivity index (χ1n) is 10.3. The average Bonchev–Trinajstić information content (AvgIpc) is 3.20. The minimum atomic E-state index is -3.59. The Morgan fingerprint density at radius 3 is 2.68 bits per heavy atom. The second kappa shape index (κ2) is 9.21. The number of morpholine rings is 1. The van der Waals surface area contributed by atoms with Crippen molar-refractivity contribution >= 4 is 27.0 Å². The van der Waals surface area contributed by atoms with E-state index in [0.717, 1.165) is 23.0 Å². The van der Waals surface area contributed by atoms with Crippen molar-refractivity contribution in [3.8, 4) is 0 Å². The third-order valence-electron chi connectivity index (χ3n) is 5.37. The summed E-state index contributed by atoms with van der Waals surface area (Å²) >= 11 is 0. The van der Waals surface area contributed by atoms with Crippen molar-refractivity contribution in [2.45, 2.75) is 31.3 Å². The first-order chi connectivity index (χ1) is 15.0. The molecule has 0 spiro atoms. The highest BCUT2D eigenvalue weighted by atomic mass is 32.2. The van der Waals surface area contributed by atoms with Crippen LogP contribution in [0.25, 0.3) is 11.0 Å². The lowest BCUT2D eigenvalue weighted by molar-refractivity contribution is -0.144. The van der Waals surface area contributed by atoms with Crippen LogP contribution in [-0.4, -0.2) is 45.0 Å². The number of benzene rings is 2. The summed E-state index contributed by atoms with van der Waals surface area (Å²) in [6, 6.07) is 12.5. The molecule has 0 aliphatic carbocycles. The zero-order valence-corrected chi connectivity index (χ0v) is 18.2. The number of nitrogens with zero attached hydrogens (tertiary/aromatic N) is 1. The molecule has 1 aliphatic rings. The lowest BCUT2D eigenvalue weighted by Crippen LogP contribution is -2.40. The fourth-order valence-electron chi connectivity index (χ4n) is 3.59. The van der Waals surface area contributed by atoms with Crippen LogP contribution in [0.2, 0.25) is 0 Å². The summed E-state index contributed by atoms with van der Waals surface area (Å²) in [6.07, 6.45) is 2.58. The predicted molar refractivity (Wildman–Crippen MR) is 115 cm³/mol. The maximum atomic E-state index is 12.8. The van der Waals surface area contributed by atoms with Gasteiger partial charge < -0.3 is 13.9 Å². The number of furan rings is 1. The lowest BCUT2D eigenvalue weighted by atomic mass is 10.1. The molecular formula is C23H25NO6S. The molecule has 0 bridgehead atoms. The fraction of sp³-hybridized carbons (Fsp3) is 0.348. The zero-order valence-electron chi connectivity index (χ0n) is 17.4. The van der Waals surface area contributed by atoms with Crippen molar-refractivity contribution < 1.29 is 27.1 Å². The average molecular weight is 444 g/mol. The van der Waals surface area contributed by atoms with Gasteiger partial charge in [0.05, 0.1) is 30.8 Å². The van der Waals surface area contributed by atoms with Crippen molar-refractivity contribution in [3.05, 3.63) is 65.4 Å². The van der Waals surface area contributed by atoms with Crippen LogP contribution in [0.1, 0.15) is 23.6 Å². The van der Waals surface area contributed by atoms with Gasteiger partial charge in [0.2, 0.25) is 10.0 Å². The van der Waals surface area contributed by atoms with Gasteiger partial charge in [0, 0.05) is 24.0 Å². The van der Waals surface area contributed by atoms with Crippen LogP contribution in [0.4, 0.5) is 0 Å². The Bertz CT molecular complexity index is 1180. The number of hydrogen-bond acceptors (Lipinski definition) is 6. The number of sulfonamides is 1. The Kier molecular flexibility index (Phi) is 6.41. The van der Waals surface area contributed by atoms with E-state index in [2.05, 4.69) is 6.92 Å². The van der Waals surface area contributed by atoms with Gasteiger partial charge in [0.15, 0.2) is 0 Å². The highest BCUT2D eigenvalue weighted by molar-refractivity contribution is 7.89. The Morgan fingerprint density at radius 1 is 1.10 bits per heavy atom. The molecule has 2 aromatic carbocycles. The normalized spacial score (nSPS) is 15.3. The van der Waals surface area contributed by atoms with E-state index in [1.807, 2.05) is 18.2 Å². The molecule has 0 atom stereocenters. The van der Waals surface area contributed by atoms with Gasteiger partial charge >= 0.3 is 5.97 Å². The second-order valence-corrected chi connectivity index (χ2v) is 9.38. The minimum absolute atomic E-state index is 0.00106. The summed E-state index contributed by atoms with van der Waals surface area (Å²) in [4.78, 5) is 12.6. The summed E-state index contributed by atoms with van der Waals surface area (Å²) < 4.78 is 43.2. The van der Waals surface area contributed by atoms with Crippen LogP contribution in [0.3, 0.4) is 0 Å². The van der Waals surface area contributed by atoms with Gasteiger partial charge in [-0.05, 0) is 35.7 Å². The summed E-state index contributed by atoms with van der Waals surface area (Å²) in [6.45, 7) is 3.52. The van der Waals surface area contributed by atoms with Gasteiger partial charge in [-0.2, -0.15) is 4.31 Å².